The molecule has 0 bridgehead atoms. The highest BCUT2D eigenvalue weighted by molar-refractivity contribution is 7.99. The van der Waals surface area contributed by atoms with Crippen molar-refractivity contribution >= 4 is 29.3 Å². The monoisotopic (exact) mass is 482 g/mol. The van der Waals surface area contributed by atoms with E-state index in [0.29, 0.717) is 30.3 Å². The van der Waals surface area contributed by atoms with E-state index in [1.807, 2.05) is 31.2 Å². The summed E-state index contributed by atoms with van der Waals surface area (Å²) in [6, 6.07) is 15.7. The predicted molar refractivity (Wildman–Crippen MR) is 130 cm³/mol. The first-order valence-corrected chi connectivity index (χ1v) is 11.6. The van der Waals surface area contributed by atoms with Crippen molar-refractivity contribution < 1.29 is 19.1 Å². The molecule has 0 radical (unpaired) electrons. The van der Waals surface area contributed by atoms with E-state index in [-0.39, 0.29) is 34.7 Å². The predicted octanol–water partition coefficient (Wildman–Crippen LogP) is 2.77. The molecule has 0 fully saturated rings. The van der Waals surface area contributed by atoms with Gasteiger partial charge in [0.25, 0.3) is 5.56 Å². The van der Waals surface area contributed by atoms with Crippen LogP contribution in [0.4, 0.5) is 5.69 Å². The average Bonchev–Trinajstić information content (AvgIpc) is 2.83. The number of carbonyl (C=O) groups excluding carboxylic acids is 2. The quantitative estimate of drug-likeness (QED) is 0.284. The normalized spacial score (nSPS) is 10.4. The first-order valence-electron chi connectivity index (χ1n) is 10.6. The van der Waals surface area contributed by atoms with Crippen LogP contribution in [-0.2, 0) is 22.6 Å². The number of nitrogens with zero attached hydrogens (tertiary/aromatic N) is 1. The van der Waals surface area contributed by atoms with Crippen molar-refractivity contribution in [3.8, 4) is 11.5 Å². The van der Waals surface area contributed by atoms with Crippen LogP contribution in [0, 0.1) is 0 Å². The van der Waals surface area contributed by atoms with Gasteiger partial charge in [-0.05, 0) is 48.9 Å². The summed E-state index contributed by atoms with van der Waals surface area (Å²) in [6.45, 7) is 2.79. The van der Waals surface area contributed by atoms with Crippen molar-refractivity contribution in [3.63, 3.8) is 0 Å². The van der Waals surface area contributed by atoms with Crippen LogP contribution < -0.4 is 25.7 Å². The summed E-state index contributed by atoms with van der Waals surface area (Å²) in [7, 11) is 1.58. The van der Waals surface area contributed by atoms with Gasteiger partial charge in [-0.2, -0.15) is 0 Å². The number of ether oxygens (including phenoxy) is 2. The summed E-state index contributed by atoms with van der Waals surface area (Å²) in [5, 5.41) is 5.84. The van der Waals surface area contributed by atoms with E-state index < -0.39 is 0 Å². The van der Waals surface area contributed by atoms with Crippen LogP contribution in [0.3, 0.4) is 0 Å². The Labute approximate surface area is 201 Å². The number of carbonyl (C=O) groups is 2. The number of nitrogens with one attached hydrogen (secondary N) is 3. The molecule has 3 rings (SSSR count). The summed E-state index contributed by atoms with van der Waals surface area (Å²) in [5.74, 6) is 0.947. The van der Waals surface area contributed by atoms with Gasteiger partial charge in [0.05, 0.1) is 31.6 Å². The van der Waals surface area contributed by atoms with E-state index >= 15 is 0 Å². The van der Waals surface area contributed by atoms with Crippen molar-refractivity contribution in [1.82, 2.24) is 15.3 Å². The third-order valence-electron chi connectivity index (χ3n) is 4.53. The highest BCUT2D eigenvalue weighted by Gasteiger charge is 2.10. The number of thioether (sulfide) groups is 1. The van der Waals surface area contributed by atoms with Crippen molar-refractivity contribution in [2.75, 3.05) is 24.8 Å². The number of aromatic amines is 1. The lowest BCUT2D eigenvalue weighted by Gasteiger charge is -2.08. The lowest BCUT2D eigenvalue weighted by atomic mass is 10.2. The van der Waals surface area contributed by atoms with Crippen molar-refractivity contribution in [2.24, 2.45) is 0 Å². The second kappa shape index (κ2) is 12.4. The summed E-state index contributed by atoms with van der Waals surface area (Å²) < 4.78 is 10.5. The minimum Gasteiger partial charge on any atom is -0.497 e. The van der Waals surface area contributed by atoms with Gasteiger partial charge in [0, 0.05) is 18.3 Å². The zero-order chi connectivity index (χ0) is 24.3. The first kappa shape index (κ1) is 24.8. The molecule has 1 aromatic heterocycles. The SMILES string of the molecule is CCOc1ccc(NC(=O)CSc2nc(CC(=O)NCc3cccc(OC)c3)cc(=O)[nH]2)cc1. The Kier molecular flexibility index (Phi) is 9.10. The highest BCUT2D eigenvalue weighted by atomic mass is 32.2. The summed E-state index contributed by atoms with van der Waals surface area (Å²) in [5.41, 5.74) is 1.46. The van der Waals surface area contributed by atoms with Crippen LogP contribution in [0.2, 0.25) is 0 Å². The molecule has 0 aliphatic heterocycles. The maximum Gasteiger partial charge on any atom is 0.251 e. The maximum absolute atomic E-state index is 12.3. The number of aromatic nitrogens is 2. The zero-order valence-corrected chi connectivity index (χ0v) is 19.7. The van der Waals surface area contributed by atoms with Crippen LogP contribution >= 0.6 is 11.8 Å². The second-order valence-corrected chi connectivity index (χ2v) is 8.11. The van der Waals surface area contributed by atoms with Gasteiger partial charge in [-0.25, -0.2) is 4.98 Å². The molecule has 0 spiro atoms. The van der Waals surface area contributed by atoms with Gasteiger partial charge in [0.1, 0.15) is 11.5 Å². The third kappa shape index (κ3) is 7.96. The molecule has 178 valence electrons. The highest BCUT2D eigenvalue weighted by Crippen LogP contribution is 2.17. The third-order valence-corrected chi connectivity index (χ3v) is 5.40. The molecule has 2 amide bonds. The fraction of sp³-hybridized carbons (Fsp3) is 0.250. The van der Waals surface area contributed by atoms with E-state index in [9.17, 15) is 14.4 Å². The number of benzene rings is 2. The molecule has 0 aliphatic carbocycles. The Bertz CT molecular complexity index is 1180. The second-order valence-electron chi connectivity index (χ2n) is 7.14. The number of hydrogen-bond acceptors (Lipinski definition) is 7. The Hall–Kier alpha value is -3.79. The largest absolute Gasteiger partial charge is 0.497 e. The molecule has 1 heterocycles. The number of H-pyrrole nitrogens is 1. The van der Waals surface area contributed by atoms with Gasteiger partial charge >= 0.3 is 0 Å². The molecule has 0 atom stereocenters. The van der Waals surface area contributed by atoms with Crippen LogP contribution in [0.5, 0.6) is 11.5 Å². The van der Waals surface area contributed by atoms with Gasteiger partial charge < -0.3 is 25.1 Å². The van der Waals surface area contributed by atoms with Crippen molar-refractivity contribution in [3.05, 3.63) is 76.2 Å². The Morgan fingerprint density at radius 1 is 1.06 bits per heavy atom. The lowest BCUT2D eigenvalue weighted by molar-refractivity contribution is -0.120. The Morgan fingerprint density at radius 3 is 2.59 bits per heavy atom. The zero-order valence-electron chi connectivity index (χ0n) is 18.9. The van der Waals surface area contributed by atoms with Crippen LogP contribution in [-0.4, -0.2) is 41.3 Å². The van der Waals surface area contributed by atoms with Crippen LogP contribution in [0.1, 0.15) is 18.2 Å². The van der Waals surface area contributed by atoms with Crippen molar-refractivity contribution in [2.45, 2.75) is 25.0 Å². The molecule has 34 heavy (non-hydrogen) atoms. The molecule has 2 aromatic carbocycles. The van der Waals surface area contributed by atoms with E-state index in [0.717, 1.165) is 23.1 Å². The molecular formula is C24H26N4O5S. The molecule has 0 unspecified atom stereocenters. The molecule has 0 aliphatic rings. The molecule has 10 heteroatoms. The smallest absolute Gasteiger partial charge is 0.251 e. The molecule has 9 nitrogen and oxygen atoms in total. The summed E-state index contributed by atoms with van der Waals surface area (Å²) in [6.07, 6.45) is -0.0557. The van der Waals surface area contributed by atoms with Crippen LogP contribution in [0.15, 0.2) is 64.5 Å². The minimum absolute atomic E-state index is 0.0433. The molecule has 0 saturated heterocycles. The Morgan fingerprint density at radius 2 is 1.85 bits per heavy atom. The lowest BCUT2D eigenvalue weighted by Crippen LogP contribution is -2.26. The van der Waals surface area contributed by atoms with Gasteiger partial charge in [0.15, 0.2) is 5.16 Å². The average molecular weight is 483 g/mol. The van der Waals surface area contributed by atoms with E-state index in [2.05, 4.69) is 20.6 Å². The fourth-order valence-corrected chi connectivity index (χ4v) is 3.68. The minimum atomic E-state index is -0.389. The Balaban J connectivity index is 1.51. The topological polar surface area (TPSA) is 122 Å². The van der Waals surface area contributed by atoms with E-state index in [1.54, 1.807) is 31.4 Å². The van der Waals surface area contributed by atoms with E-state index in [4.69, 9.17) is 9.47 Å². The van der Waals surface area contributed by atoms with Crippen LogP contribution in [0.25, 0.3) is 0 Å². The fourth-order valence-electron chi connectivity index (χ4n) is 2.98. The van der Waals surface area contributed by atoms with Gasteiger partial charge in [-0.15, -0.1) is 0 Å². The number of amides is 2. The molecule has 0 saturated carbocycles. The number of hydrogen-bond donors (Lipinski definition) is 3. The molecule has 3 aromatic rings. The van der Waals surface area contributed by atoms with Gasteiger partial charge in [-0.1, -0.05) is 23.9 Å². The van der Waals surface area contributed by atoms with Gasteiger partial charge in [-0.3, -0.25) is 14.4 Å². The summed E-state index contributed by atoms with van der Waals surface area (Å²) in [4.78, 5) is 43.5. The number of rotatable bonds is 11. The van der Waals surface area contributed by atoms with Gasteiger partial charge in [0.2, 0.25) is 11.8 Å². The maximum atomic E-state index is 12.3. The summed E-state index contributed by atoms with van der Waals surface area (Å²) >= 11 is 1.08. The number of anilines is 1. The molecule has 3 N–H and O–H groups in total. The number of methoxy groups -OCH3 is 1. The first-order chi connectivity index (χ1) is 16.4. The van der Waals surface area contributed by atoms with Crippen molar-refractivity contribution in [1.29, 1.82) is 0 Å². The van der Waals surface area contributed by atoms with E-state index in [1.165, 1.54) is 6.07 Å². The standard InChI is InChI=1S/C24H26N4O5S/c1-3-33-19-9-7-17(8-10-19)26-23(31)15-34-24-27-18(13-22(30)28-24)12-21(29)25-14-16-5-4-6-20(11-16)32-2/h4-11,13H,3,12,14-15H2,1-2H3,(H,25,29)(H,26,31)(H,27,28,30). The molecular weight excluding hydrogens is 456 g/mol.